The maximum Gasteiger partial charge on any atom is 0.268 e. The Labute approximate surface area is 168 Å². The number of aromatic nitrogens is 4. The zero-order valence-electron chi connectivity index (χ0n) is 16.6. The Kier molecular flexibility index (Phi) is 5.16. The van der Waals surface area contributed by atoms with E-state index in [4.69, 9.17) is 0 Å². The summed E-state index contributed by atoms with van der Waals surface area (Å²) in [4.78, 5) is 30.0. The Balaban J connectivity index is 1.53. The van der Waals surface area contributed by atoms with Crippen LogP contribution in [0.2, 0.25) is 0 Å². The monoisotopic (exact) mass is 392 g/mol. The van der Waals surface area contributed by atoms with E-state index in [1.165, 1.54) is 17.5 Å². The lowest BCUT2D eigenvalue weighted by Gasteiger charge is -2.14. The first kappa shape index (κ1) is 18.9. The molecule has 0 atom stereocenters. The second kappa shape index (κ2) is 7.90. The predicted molar refractivity (Wildman–Crippen MR) is 111 cm³/mol. The number of carbonyl (C=O) groups excluding carboxylic acids is 1. The van der Waals surface area contributed by atoms with E-state index in [2.05, 4.69) is 26.8 Å². The van der Waals surface area contributed by atoms with Crippen LogP contribution in [0.4, 0.5) is 5.95 Å². The first-order chi connectivity index (χ1) is 14.1. The number of fused-ring (bicyclic) bond motifs is 1. The Bertz CT molecular complexity index is 1110. The van der Waals surface area contributed by atoms with Gasteiger partial charge in [-0.25, -0.2) is 4.68 Å². The number of amides is 1. The van der Waals surface area contributed by atoms with Crippen LogP contribution >= 0.6 is 0 Å². The van der Waals surface area contributed by atoms with E-state index < -0.39 is 0 Å². The van der Waals surface area contributed by atoms with Crippen LogP contribution in [-0.2, 0) is 19.9 Å². The summed E-state index contributed by atoms with van der Waals surface area (Å²) in [5.41, 5.74) is 3.93. The predicted octanol–water partition coefficient (Wildman–Crippen LogP) is 1.61. The van der Waals surface area contributed by atoms with Crippen molar-refractivity contribution in [2.24, 2.45) is 7.05 Å². The molecule has 3 aromatic rings. The molecule has 8 nitrogen and oxygen atoms in total. The second-order valence-electron chi connectivity index (χ2n) is 7.21. The summed E-state index contributed by atoms with van der Waals surface area (Å²) in [6, 6.07) is 7.86. The molecule has 8 heteroatoms. The molecule has 4 rings (SSSR count). The molecular weight excluding hydrogens is 368 g/mol. The van der Waals surface area contributed by atoms with Gasteiger partial charge in [0.25, 0.3) is 11.5 Å². The number of pyridine rings is 1. The topological polar surface area (TPSA) is 93.8 Å². The SMILES string of the molecule is Cc1ccn(-c2cccc3c2CCC3)c(=O)c1C(=O)NCCNc1ncnn1C. The van der Waals surface area contributed by atoms with Crippen molar-refractivity contribution in [1.82, 2.24) is 24.6 Å². The summed E-state index contributed by atoms with van der Waals surface area (Å²) < 4.78 is 3.21. The molecule has 0 bridgehead atoms. The summed E-state index contributed by atoms with van der Waals surface area (Å²) in [5, 5.41) is 9.88. The van der Waals surface area contributed by atoms with Crippen molar-refractivity contribution in [2.75, 3.05) is 18.4 Å². The number of rotatable bonds is 6. The molecule has 0 saturated heterocycles. The standard InChI is InChI=1S/C21H24N6O2/c1-14-9-12-27(17-8-4-6-15-5-3-7-16(15)17)20(29)18(14)19(28)22-10-11-23-21-24-13-25-26(21)2/h4,6,8-9,12-13H,3,5,7,10-11H2,1-2H3,(H,22,28)(H,23,24,25). The zero-order valence-corrected chi connectivity index (χ0v) is 16.6. The maximum absolute atomic E-state index is 13.2. The molecule has 1 aliphatic carbocycles. The maximum atomic E-state index is 13.2. The molecular formula is C21H24N6O2. The first-order valence-corrected chi connectivity index (χ1v) is 9.75. The molecule has 1 aromatic carbocycles. The van der Waals surface area contributed by atoms with Crippen molar-refractivity contribution in [1.29, 1.82) is 0 Å². The Morgan fingerprint density at radius 1 is 1.21 bits per heavy atom. The number of benzene rings is 1. The van der Waals surface area contributed by atoms with Crippen LogP contribution in [0.3, 0.4) is 0 Å². The third kappa shape index (κ3) is 3.65. The molecule has 150 valence electrons. The summed E-state index contributed by atoms with van der Waals surface area (Å²) in [6.07, 6.45) is 6.31. The Hall–Kier alpha value is -3.42. The number of nitrogens with zero attached hydrogens (tertiary/aromatic N) is 4. The molecule has 29 heavy (non-hydrogen) atoms. The summed E-state index contributed by atoms with van der Waals surface area (Å²) >= 11 is 0. The van der Waals surface area contributed by atoms with Gasteiger partial charge in [-0.2, -0.15) is 10.1 Å². The van der Waals surface area contributed by atoms with Crippen molar-refractivity contribution in [3.63, 3.8) is 0 Å². The van der Waals surface area contributed by atoms with Gasteiger partial charge in [0.1, 0.15) is 11.9 Å². The van der Waals surface area contributed by atoms with Crippen molar-refractivity contribution in [2.45, 2.75) is 26.2 Å². The Morgan fingerprint density at radius 2 is 2.07 bits per heavy atom. The summed E-state index contributed by atoms with van der Waals surface area (Å²) in [6.45, 7) is 2.62. The van der Waals surface area contributed by atoms with Gasteiger partial charge in [-0.1, -0.05) is 12.1 Å². The summed E-state index contributed by atoms with van der Waals surface area (Å²) in [5.74, 6) is 0.254. The highest BCUT2D eigenvalue weighted by Crippen LogP contribution is 2.27. The molecule has 1 aliphatic rings. The van der Waals surface area contributed by atoms with Gasteiger partial charge in [-0.3, -0.25) is 14.2 Å². The van der Waals surface area contributed by atoms with Crippen LogP contribution in [0.15, 0.2) is 41.6 Å². The lowest BCUT2D eigenvalue weighted by molar-refractivity contribution is 0.0952. The van der Waals surface area contributed by atoms with E-state index in [-0.39, 0.29) is 17.0 Å². The van der Waals surface area contributed by atoms with Gasteiger partial charge in [0, 0.05) is 26.3 Å². The van der Waals surface area contributed by atoms with E-state index in [1.54, 1.807) is 29.4 Å². The van der Waals surface area contributed by atoms with Crippen LogP contribution in [-0.4, -0.2) is 38.3 Å². The number of hydrogen-bond acceptors (Lipinski definition) is 5. The first-order valence-electron chi connectivity index (χ1n) is 9.75. The van der Waals surface area contributed by atoms with Gasteiger partial charge < -0.3 is 10.6 Å². The molecule has 0 radical (unpaired) electrons. The van der Waals surface area contributed by atoms with Crippen LogP contribution in [0.5, 0.6) is 0 Å². The lowest BCUT2D eigenvalue weighted by Crippen LogP contribution is -2.36. The highest BCUT2D eigenvalue weighted by molar-refractivity contribution is 5.95. The molecule has 0 fully saturated rings. The van der Waals surface area contributed by atoms with Crippen LogP contribution in [0.25, 0.3) is 5.69 Å². The number of carbonyl (C=O) groups is 1. The van der Waals surface area contributed by atoms with E-state index in [1.807, 2.05) is 18.2 Å². The minimum atomic E-state index is -0.366. The molecule has 2 heterocycles. The normalized spacial score (nSPS) is 12.6. The quantitative estimate of drug-likeness (QED) is 0.622. The number of aryl methyl sites for hydroxylation is 3. The van der Waals surface area contributed by atoms with Crippen LogP contribution in [0.1, 0.15) is 33.5 Å². The van der Waals surface area contributed by atoms with Gasteiger partial charge >= 0.3 is 0 Å². The average Bonchev–Trinajstić information content (AvgIpc) is 3.34. The van der Waals surface area contributed by atoms with Gasteiger partial charge in [0.15, 0.2) is 0 Å². The van der Waals surface area contributed by atoms with Gasteiger partial charge in [0.05, 0.1) is 5.69 Å². The van der Waals surface area contributed by atoms with Crippen LogP contribution < -0.4 is 16.2 Å². The molecule has 0 unspecified atom stereocenters. The third-order valence-corrected chi connectivity index (χ3v) is 5.31. The van der Waals surface area contributed by atoms with E-state index in [0.717, 1.165) is 24.9 Å². The molecule has 2 N–H and O–H groups in total. The Morgan fingerprint density at radius 3 is 2.86 bits per heavy atom. The van der Waals surface area contributed by atoms with E-state index in [9.17, 15) is 9.59 Å². The lowest BCUT2D eigenvalue weighted by atomic mass is 10.1. The van der Waals surface area contributed by atoms with Crippen molar-refractivity contribution < 1.29 is 4.79 Å². The zero-order chi connectivity index (χ0) is 20.4. The average molecular weight is 392 g/mol. The smallest absolute Gasteiger partial charge is 0.268 e. The largest absolute Gasteiger partial charge is 0.353 e. The molecule has 0 spiro atoms. The van der Waals surface area contributed by atoms with Crippen molar-refractivity contribution in [3.8, 4) is 5.69 Å². The molecule has 0 aliphatic heterocycles. The van der Waals surface area contributed by atoms with E-state index in [0.29, 0.717) is 24.6 Å². The molecule has 1 amide bonds. The second-order valence-corrected chi connectivity index (χ2v) is 7.21. The third-order valence-electron chi connectivity index (χ3n) is 5.31. The fourth-order valence-corrected chi connectivity index (χ4v) is 3.81. The van der Waals surface area contributed by atoms with Crippen molar-refractivity contribution in [3.05, 3.63) is 69.4 Å². The highest BCUT2D eigenvalue weighted by Gasteiger charge is 2.20. The van der Waals surface area contributed by atoms with Gasteiger partial charge in [0.2, 0.25) is 5.95 Å². The number of hydrogen-bond donors (Lipinski definition) is 2. The number of anilines is 1. The molecule has 0 saturated carbocycles. The summed E-state index contributed by atoms with van der Waals surface area (Å²) in [7, 11) is 1.78. The fraction of sp³-hybridized carbons (Fsp3) is 0.333. The fourth-order valence-electron chi connectivity index (χ4n) is 3.81. The van der Waals surface area contributed by atoms with Gasteiger partial charge in [-0.05, 0) is 55.0 Å². The van der Waals surface area contributed by atoms with Crippen molar-refractivity contribution >= 4 is 11.9 Å². The molecule has 2 aromatic heterocycles. The minimum Gasteiger partial charge on any atom is -0.353 e. The highest BCUT2D eigenvalue weighted by atomic mass is 16.2. The minimum absolute atomic E-state index is 0.182. The van der Waals surface area contributed by atoms with E-state index >= 15 is 0 Å². The van der Waals surface area contributed by atoms with Gasteiger partial charge in [-0.15, -0.1) is 0 Å². The van der Waals surface area contributed by atoms with Crippen LogP contribution in [0, 0.1) is 6.92 Å². The number of nitrogens with one attached hydrogen (secondary N) is 2.